The number of hydrogen-bond donors (Lipinski definition) is 1. The van der Waals surface area contributed by atoms with Crippen LogP contribution in [0.4, 0.5) is 0 Å². The molecule has 126 valence electrons. The summed E-state index contributed by atoms with van der Waals surface area (Å²) in [7, 11) is 4.32. The lowest BCUT2D eigenvalue weighted by Crippen LogP contribution is -2.55. The molecule has 1 aliphatic heterocycles. The van der Waals surface area contributed by atoms with Crippen LogP contribution < -0.4 is 5.32 Å². The molecule has 1 atom stereocenters. The molecular weight excluding hydrogens is 260 g/mol. The maximum Gasteiger partial charge on any atom is 0.0244 e. The maximum absolute atomic E-state index is 3.65. The average Bonchev–Trinajstić information content (AvgIpc) is 2.41. The third-order valence-corrected chi connectivity index (χ3v) is 4.41. The molecule has 1 rings (SSSR count). The zero-order valence-corrected chi connectivity index (χ0v) is 15.2. The molecule has 0 aliphatic carbocycles. The van der Waals surface area contributed by atoms with Gasteiger partial charge in [0, 0.05) is 51.9 Å². The van der Waals surface area contributed by atoms with Gasteiger partial charge in [0.2, 0.25) is 0 Å². The summed E-state index contributed by atoms with van der Waals surface area (Å²) in [5.74, 6) is 1.46. The first-order valence-electron chi connectivity index (χ1n) is 8.72. The maximum atomic E-state index is 3.65. The summed E-state index contributed by atoms with van der Waals surface area (Å²) in [5.41, 5.74) is 0. The molecule has 0 radical (unpaired) electrons. The number of nitrogens with zero attached hydrogens (tertiary/aromatic N) is 3. The van der Waals surface area contributed by atoms with Crippen LogP contribution in [0, 0.1) is 11.8 Å². The minimum atomic E-state index is 0.680. The van der Waals surface area contributed by atoms with E-state index in [-0.39, 0.29) is 0 Å². The number of piperazine rings is 1. The lowest BCUT2D eigenvalue weighted by Gasteiger charge is -2.41. The standard InChI is InChI=1S/C17H38N4/c1-15(2)13-18-14-17(16(3)4)21-11-9-20(10-12-21)8-7-19(5)6/h15-18H,7-14H2,1-6H3. The molecule has 0 aromatic carbocycles. The summed E-state index contributed by atoms with van der Waals surface area (Å²) in [6.45, 7) is 18.8. The second kappa shape index (κ2) is 9.78. The van der Waals surface area contributed by atoms with E-state index in [1.54, 1.807) is 0 Å². The van der Waals surface area contributed by atoms with Crippen molar-refractivity contribution in [1.82, 2.24) is 20.0 Å². The molecule has 1 heterocycles. The Morgan fingerprint density at radius 3 is 2.05 bits per heavy atom. The van der Waals surface area contributed by atoms with Crippen LogP contribution in [0.1, 0.15) is 27.7 Å². The van der Waals surface area contributed by atoms with E-state index in [2.05, 4.69) is 61.8 Å². The molecule has 1 saturated heterocycles. The molecule has 4 nitrogen and oxygen atoms in total. The fourth-order valence-electron chi connectivity index (χ4n) is 2.97. The Balaban J connectivity index is 2.34. The molecule has 0 aromatic rings. The highest BCUT2D eigenvalue weighted by atomic mass is 15.3. The van der Waals surface area contributed by atoms with Gasteiger partial charge in [-0.1, -0.05) is 27.7 Å². The van der Waals surface area contributed by atoms with Gasteiger partial charge < -0.3 is 10.2 Å². The smallest absolute Gasteiger partial charge is 0.0244 e. The van der Waals surface area contributed by atoms with Crippen molar-refractivity contribution in [2.75, 3.05) is 66.5 Å². The Labute approximate surface area is 132 Å². The molecule has 1 unspecified atom stereocenters. The van der Waals surface area contributed by atoms with Gasteiger partial charge in [0.25, 0.3) is 0 Å². The summed E-state index contributed by atoms with van der Waals surface area (Å²) in [4.78, 5) is 7.58. The van der Waals surface area contributed by atoms with Gasteiger partial charge in [0.15, 0.2) is 0 Å². The van der Waals surface area contributed by atoms with Crippen molar-refractivity contribution in [2.24, 2.45) is 11.8 Å². The number of hydrogen-bond acceptors (Lipinski definition) is 4. The molecule has 0 spiro atoms. The van der Waals surface area contributed by atoms with Crippen LogP contribution in [0.5, 0.6) is 0 Å². The quantitative estimate of drug-likeness (QED) is 0.695. The highest BCUT2D eigenvalue weighted by Gasteiger charge is 2.25. The van der Waals surface area contributed by atoms with Gasteiger partial charge in [-0.05, 0) is 32.5 Å². The largest absolute Gasteiger partial charge is 0.315 e. The van der Waals surface area contributed by atoms with Gasteiger partial charge in [-0.25, -0.2) is 0 Å². The molecule has 1 fully saturated rings. The Hall–Kier alpha value is -0.160. The lowest BCUT2D eigenvalue weighted by atomic mass is 10.0. The van der Waals surface area contributed by atoms with Crippen molar-refractivity contribution in [1.29, 1.82) is 0 Å². The van der Waals surface area contributed by atoms with E-state index in [4.69, 9.17) is 0 Å². The highest BCUT2D eigenvalue weighted by Crippen LogP contribution is 2.13. The Morgan fingerprint density at radius 1 is 0.952 bits per heavy atom. The fourth-order valence-corrected chi connectivity index (χ4v) is 2.97. The summed E-state index contributed by atoms with van der Waals surface area (Å²) >= 11 is 0. The fraction of sp³-hybridized carbons (Fsp3) is 1.00. The molecule has 0 amide bonds. The van der Waals surface area contributed by atoms with Gasteiger partial charge in [-0.2, -0.15) is 0 Å². The van der Waals surface area contributed by atoms with Crippen molar-refractivity contribution >= 4 is 0 Å². The minimum Gasteiger partial charge on any atom is -0.315 e. The van der Waals surface area contributed by atoms with E-state index >= 15 is 0 Å². The van der Waals surface area contributed by atoms with E-state index < -0.39 is 0 Å². The van der Waals surface area contributed by atoms with Crippen LogP contribution in [-0.4, -0.2) is 87.2 Å². The number of likely N-dealkylation sites (N-methyl/N-ethyl adjacent to an activating group) is 1. The second-order valence-electron chi connectivity index (χ2n) is 7.54. The van der Waals surface area contributed by atoms with Gasteiger partial charge in [-0.3, -0.25) is 9.80 Å². The third kappa shape index (κ3) is 7.59. The van der Waals surface area contributed by atoms with Crippen LogP contribution in [0.3, 0.4) is 0 Å². The molecular formula is C17H38N4. The molecule has 0 saturated carbocycles. The van der Waals surface area contributed by atoms with Crippen LogP contribution in [0.15, 0.2) is 0 Å². The predicted octanol–water partition coefficient (Wildman–Crippen LogP) is 1.44. The predicted molar refractivity (Wildman–Crippen MR) is 92.9 cm³/mol. The molecule has 0 aromatic heterocycles. The van der Waals surface area contributed by atoms with Gasteiger partial charge in [0.1, 0.15) is 0 Å². The second-order valence-corrected chi connectivity index (χ2v) is 7.54. The monoisotopic (exact) mass is 298 g/mol. The van der Waals surface area contributed by atoms with Gasteiger partial charge >= 0.3 is 0 Å². The highest BCUT2D eigenvalue weighted by molar-refractivity contribution is 4.82. The number of nitrogens with one attached hydrogen (secondary N) is 1. The minimum absolute atomic E-state index is 0.680. The molecule has 1 N–H and O–H groups in total. The molecule has 0 bridgehead atoms. The average molecular weight is 299 g/mol. The Bertz CT molecular complexity index is 258. The van der Waals surface area contributed by atoms with Gasteiger partial charge in [0.05, 0.1) is 0 Å². The van der Waals surface area contributed by atoms with Crippen molar-refractivity contribution in [2.45, 2.75) is 33.7 Å². The van der Waals surface area contributed by atoms with Crippen molar-refractivity contribution < 1.29 is 0 Å². The van der Waals surface area contributed by atoms with Crippen molar-refractivity contribution in [3.63, 3.8) is 0 Å². The van der Waals surface area contributed by atoms with Crippen LogP contribution in [-0.2, 0) is 0 Å². The Morgan fingerprint density at radius 2 is 1.57 bits per heavy atom. The molecule has 4 heteroatoms. The van der Waals surface area contributed by atoms with Gasteiger partial charge in [-0.15, -0.1) is 0 Å². The Kier molecular flexibility index (Phi) is 8.79. The first kappa shape index (κ1) is 18.9. The van der Waals surface area contributed by atoms with Crippen LogP contribution >= 0.6 is 0 Å². The summed E-state index contributed by atoms with van der Waals surface area (Å²) in [6, 6.07) is 0.680. The van der Waals surface area contributed by atoms with Crippen LogP contribution in [0.2, 0.25) is 0 Å². The first-order chi connectivity index (χ1) is 9.90. The lowest BCUT2D eigenvalue weighted by molar-refractivity contribution is 0.0724. The molecule has 1 aliphatic rings. The van der Waals surface area contributed by atoms with Crippen molar-refractivity contribution in [3.8, 4) is 0 Å². The third-order valence-electron chi connectivity index (χ3n) is 4.41. The normalized spacial score (nSPS) is 19.9. The summed E-state index contributed by atoms with van der Waals surface area (Å²) in [6.07, 6.45) is 0. The zero-order valence-electron chi connectivity index (χ0n) is 15.2. The van der Waals surface area contributed by atoms with E-state index in [1.165, 1.54) is 39.3 Å². The summed E-state index contributed by atoms with van der Waals surface area (Å²) in [5, 5.41) is 3.65. The van der Waals surface area contributed by atoms with E-state index in [0.29, 0.717) is 6.04 Å². The first-order valence-corrected chi connectivity index (χ1v) is 8.72. The number of rotatable bonds is 9. The van der Waals surface area contributed by atoms with E-state index in [1.807, 2.05) is 0 Å². The van der Waals surface area contributed by atoms with E-state index in [0.717, 1.165) is 24.9 Å². The summed E-state index contributed by atoms with van der Waals surface area (Å²) < 4.78 is 0. The molecule has 21 heavy (non-hydrogen) atoms. The topological polar surface area (TPSA) is 21.8 Å². The zero-order chi connectivity index (χ0) is 15.8. The van der Waals surface area contributed by atoms with Crippen LogP contribution in [0.25, 0.3) is 0 Å². The van der Waals surface area contributed by atoms with Crippen molar-refractivity contribution in [3.05, 3.63) is 0 Å². The van der Waals surface area contributed by atoms with E-state index in [9.17, 15) is 0 Å². The SMILES string of the molecule is CC(C)CNCC(C(C)C)N1CCN(CCN(C)C)CC1.